The van der Waals surface area contributed by atoms with Crippen LogP contribution in [0.2, 0.25) is 5.15 Å². The van der Waals surface area contributed by atoms with E-state index in [2.05, 4.69) is 4.98 Å². The van der Waals surface area contributed by atoms with Crippen molar-refractivity contribution in [2.45, 2.75) is 19.4 Å². The molecule has 0 bridgehead atoms. The molecule has 1 aromatic rings. The Morgan fingerprint density at radius 3 is 3.00 bits per heavy atom. The fraction of sp³-hybridized carbons (Fsp3) is 0.455. The Bertz CT molecular complexity index is 357. The number of methoxy groups -OCH3 is 1. The number of hydrogen-bond donors (Lipinski definition) is 0. The fourth-order valence-corrected chi connectivity index (χ4v) is 1.22. The molecule has 1 heterocycles. The maximum Gasteiger partial charge on any atom is 0.338 e. The summed E-state index contributed by atoms with van der Waals surface area (Å²) in [6, 6.07) is 3.04. The summed E-state index contributed by atoms with van der Waals surface area (Å²) in [6.07, 6.45) is 2.21. The number of hydrogen-bond acceptors (Lipinski definition) is 4. The third-order valence-electron chi connectivity index (χ3n) is 2.12. The van der Waals surface area contributed by atoms with Gasteiger partial charge in [0, 0.05) is 19.7 Å². The van der Waals surface area contributed by atoms with Crippen LogP contribution in [-0.2, 0) is 9.47 Å². The molecule has 4 nitrogen and oxygen atoms in total. The normalized spacial score (nSPS) is 12.2. The molecule has 1 rings (SSSR count). The van der Waals surface area contributed by atoms with E-state index in [9.17, 15) is 4.79 Å². The van der Waals surface area contributed by atoms with Gasteiger partial charge >= 0.3 is 5.97 Å². The van der Waals surface area contributed by atoms with Gasteiger partial charge in [-0.05, 0) is 19.1 Å². The Morgan fingerprint density at radius 2 is 2.38 bits per heavy atom. The minimum Gasteiger partial charge on any atom is -0.462 e. The molecule has 16 heavy (non-hydrogen) atoms. The van der Waals surface area contributed by atoms with E-state index in [0.717, 1.165) is 0 Å². The summed E-state index contributed by atoms with van der Waals surface area (Å²) in [7, 11) is 1.62. The van der Waals surface area contributed by atoms with Gasteiger partial charge in [0.2, 0.25) is 0 Å². The Morgan fingerprint density at radius 1 is 1.62 bits per heavy atom. The smallest absolute Gasteiger partial charge is 0.338 e. The molecule has 0 fully saturated rings. The molecule has 0 saturated heterocycles. The number of pyridine rings is 1. The van der Waals surface area contributed by atoms with Crippen molar-refractivity contribution in [3.63, 3.8) is 0 Å². The lowest BCUT2D eigenvalue weighted by atomic mass is 10.3. The number of esters is 1. The second kappa shape index (κ2) is 6.45. The number of carbonyl (C=O) groups is 1. The van der Waals surface area contributed by atoms with Crippen molar-refractivity contribution in [3.8, 4) is 0 Å². The molecule has 0 aliphatic carbocycles. The Kier molecular flexibility index (Phi) is 5.22. The molecule has 0 spiro atoms. The molecule has 1 aromatic heterocycles. The Labute approximate surface area is 99.5 Å². The van der Waals surface area contributed by atoms with Crippen molar-refractivity contribution < 1.29 is 14.3 Å². The Balaban J connectivity index is 2.41. The first-order valence-electron chi connectivity index (χ1n) is 4.95. The van der Waals surface area contributed by atoms with E-state index in [4.69, 9.17) is 21.1 Å². The summed E-state index contributed by atoms with van der Waals surface area (Å²) in [5, 5.41) is 0.278. The first kappa shape index (κ1) is 12.9. The lowest BCUT2D eigenvalue weighted by molar-refractivity contribution is 0.0390. The summed E-state index contributed by atoms with van der Waals surface area (Å²) in [6.45, 7) is 2.24. The van der Waals surface area contributed by atoms with Gasteiger partial charge in [-0.2, -0.15) is 0 Å². The molecule has 0 N–H and O–H groups in total. The predicted molar refractivity (Wildman–Crippen MR) is 60.6 cm³/mol. The minimum atomic E-state index is -0.396. The highest BCUT2D eigenvalue weighted by Crippen LogP contribution is 2.08. The molecule has 5 heteroatoms. The van der Waals surface area contributed by atoms with E-state index in [-0.39, 0.29) is 11.3 Å². The van der Waals surface area contributed by atoms with Crippen molar-refractivity contribution in [1.82, 2.24) is 4.98 Å². The van der Waals surface area contributed by atoms with Crippen LogP contribution in [0.15, 0.2) is 18.3 Å². The zero-order chi connectivity index (χ0) is 12.0. The quantitative estimate of drug-likeness (QED) is 0.588. The summed E-state index contributed by atoms with van der Waals surface area (Å²) in [4.78, 5) is 15.3. The van der Waals surface area contributed by atoms with Gasteiger partial charge in [0.25, 0.3) is 0 Å². The third kappa shape index (κ3) is 4.16. The van der Waals surface area contributed by atoms with Crippen LogP contribution in [0.25, 0.3) is 0 Å². The standard InChI is InChI=1S/C11H14ClNO3/c1-8(15-2)4-6-16-11(14)9-3-5-13-10(12)7-9/h3,5,7-8H,4,6H2,1-2H3/t8-/m1/s1. The first-order valence-corrected chi connectivity index (χ1v) is 5.32. The highest BCUT2D eigenvalue weighted by Gasteiger charge is 2.08. The molecule has 0 saturated carbocycles. The molecule has 0 aromatic carbocycles. The van der Waals surface area contributed by atoms with Crippen LogP contribution >= 0.6 is 11.6 Å². The number of carbonyl (C=O) groups excluding carboxylic acids is 1. The number of aromatic nitrogens is 1. The summed E-state index contributed by atoms with van der Waals surface area (Å²) in [5.74, 6) is -0.396. The van der Waals surface area contributed by atoms with Crippen LogP contribution in [0, 0.1) is 0 Å². The van der Waals surface area contributed by atoms with Gasteiger partial charge in [-0.1, -0.05) is 11.6 Å². The molecular weight excluding hydrogens is 230 g/mol. The average Bonchev–Trinajstić information content (AvgIpc) is 2.28. The van der Waals surface area contributed by atoms with Crippen LogP contribution in [0.1, 0.15) is 23.7 Å². The van der Waals surface area contributed by atoms with Crippen LogP contribution in [-0.4, -0.2) is 30.8 Å². The van der Waals surface area contributed by atoms with E-state index in [1.807, 2.05) is 6.92 Å². The van der Waals surface area contributed by atoms with Crippen LogP contribution < -0.4 is 0 Å². The zero-order valence-electron chi connectivity index (χ0n) is 9.27. The number of halogens is 1. The topological polar surface area (TPSA) is 48.4 Å². The van der Waals surface area contributed by atoms with Crippen LogP contribution in [0.4, 0.5) is 0 Å². The van der Waals surface area contributed by atoms with Gasteiger partial charge in [-0.3, -0.25) is 0 Å². The lowest BCUT2D eigenvalue weighted by Gasteiger charge is -2.09. The molecule has 0 unspecified atom stereocenters. The number of nitrogens with zero attached hydrogens (tertiary/aromatic N) is 1. The van der Waals surface area contributed by atoms with E-state index in [0.29, 0.717) is 18.6 Å². The SMILES string of the molecule is CO[C@H](C)CCOC(=O)c1ccnc(Cl)c1. The van der Waals surface area contributed by atoms with Gasteiger partial charge in [0.1, 0.15) is 5.15 Å². The van der Waals surface area contributed by atoms with Crippen LogP contribution in [0.5, 0.6) is 0 Å². The maximum absolute atomic E-state index is 11.5. The highest BCUT2D eigenvalue weighted by molar-refractivity contribution is 6.29. The lowest BCUT2D eigenvalue weighted by Crippen LogP contribution is -2.12. The van der Waals surface area contributed by atoms with Gasteiger partial charge in [0.05, 0.1) is 18.3 Å². The largest absolute Gasteiger partial charge is 0.462 e. The second-order valence-electron chi connectivity index (χ2n) is 3.34. The molecule has 0 radical (unpaired) electrons. The fourth-order valence-electron chi connectivity index (χ4n) is 1.05. The molecule has 0 amide bonds. The molecule has 1 atom stereocenters. The molecular formula is C11H14ClNO3. The number of ether oxygens (including phenoxy) is 2. The maximum atomic E-state index is 11.5. The summed E-state index contributed by atoms with van der Waals surface area (Å²) < 4.78 is 10.1. The molecule has 0 aliphatic heterocycles. The van der Waals surface area contributed by atoms with Crippen molar-refractivity contribution in [2.24, 2.45) is 0 Å². The third-order valence-corrected chi connectivity index (χ3v) is 2.33. The number of rotatable bonds is 5. The first-order chi connectivity index (χ1) is 7.63. The zero-order valence-corrected chi connectivity index (χ0v) is 10.0. The van der Waals surface area contributed by atoms with Crippen molar-refractivity contribution in [1.29, 1.82) is 0 Å². The highest BCUT2D eigenvalue weighted by atomic mass is 35.5. The average molecular weight is 244 g/mol. The predicted octanol–water partition coefficient (Wildman–Crippen LogP) is 2.32. The molecule has 0 aliphatic rings. The van der Waals surface area contributed by atoms with E-state index in [1.165, 1.54) is 12.3 Å². The van der Waals surface area contributed by atoms with Gasteiger partial charge in [0.15, 0.2) is 0 Å². The van der Waals surface area contributed by atoms with E-state index in [1.54, 1.807) is 13.2 Å². The van der Waals surface area contributed by atoms with Crippen molar-refractivity contribution in [2.75, 3.05) is 13.7 Å². The van der Waals surface area contributed by atoms with Gasteiger partial charge in [-0.15, -0.1) is 0 Å². The van der Waals surface area contributed by atoms with Crippen molar-refractivity contribution in [3.05, 3.63) is 29.0 Å². The minimum absolute atomic E-state index is 0.0776. The summed E-state index contributed by atoms with van der Waals surface area (Å²) >= 11 is 5.66. The monoisotopic (exact) mass is 243 g/mol. The summed E-state index contributed by atoms with van der Waals surface area (Å²) in [5.41, 5.74) is 0.407. The van der Waals surface area contributed by atoms with Gasteiger partial charge in [-0.25, -0.2) is 9.78 Å². The van der Waals surface area contributed by atoms with Crippen LogP contribution in [0.3, 0.4) is 0 Å². The van der Waals surface area contributed by atoms with E-state index >= 15 is 0 Å². The van der Waals surface area contributed by atoms with Gasteiger partial charge < -0.3 is 9.47 Å². The van der Waals surface area contributed by atoms with E-state index < -0.39 is 5.97 Å². The Hall–Kier alpha value is -1.13. The van der Waals surface area contributed by atoms with Crippen molar-refractivity contribution >= 4 is 17.6 Å². The second-order valence-corrected chi connectivity index (χ2v) is 3.73. The molecule has 88 valence electrons.